The van der Waals surface area contributed by atoms with E-state index in [1.165, 1.54) is 12.0 Å². The minimum atomic E-state index is -4.51. The van der Waals surface area contributed by atoms with Crippen LogP contribution in [0.1, 0.15) is 31.2 Å². The SMILES string of the molecule is C=C(C#CC(F)(F)F)/C=c1/ccc(C2CCC(C)OC2)cc1=C. The molecule has 0 N–H and O–H groups in total. The smallest absolute Gasteiger partial charge is 0.378 e. The van der Waals surface area contributed by atoms with Gasteiger partial charge < -0.3 is 4.74 Å². The molecule has 1 nitrogen and oxygen atoms in total. The van der Waals surface area contributed by atoms with Crippen LogP contribution in [0.4, 0.5) is 13.2 Å². The summed E-state index contributed by atoms with van der Waals surface area (Å²) in [4.78, 5) is 0. The second-order valence-electron chi connectivity index (χ2n) is 5.79. The van der Waals surface area contributed by atoms with Crippen molar-refractivity contribution in [2.45, 2.75) is 38.0 Å². The number of allylic oxidation sites excluding steroid dienone is 1. The number of ether oxygens (including phenoxy) is 1. The zero-order chi connectivity index (χ0) is 17.0. The second kappa shape index (κ2) is 7.06. The summed E-state index contributed by atoms with van der Waals surface area (Å²) >= 11 is 0. The van der Waals surface area contributed by atoms with Gasteiger partial charge in [-0.15, -0.1) is 0 Å². The summed E-state index contributed by atoms with van der Waals surface area (Å²) in [6.45, 7) is 10.3. The van der Waals surface area contributed by atoms with Gasteiger partial charge in [-0.2, -0.15) is 13.2 Å². The number of alkyl halides is 3. The quantitative estimate of drug-likeness (QED) is 0.760. The Labute approximate surface area is 134 Å². The molecular formula is C19H19F3O. The molecule has 1 aliphatic rings. The molecular weight excluding hydrogens is 301 g/mol. The van der Waals surface area contributed by atoms with Crippen LogP contribution >= 0.6 is 0 Å². The van der Waals surface area contributed by atoms with Crippen LogP contribution in [0, 0.1) is 11.8 Å². The van der Waals surface area contributed by atoms with Crippen LogP contribution in [0.15, 0.2) is 30.4 Å². The molecule has 1 heterocycles. The summed E-state index contributed by atoms with van der Waals surface area (Å²) in [5, 5.41) is 1.47. The minimum absolute atomic E-state index is 0.106. The van der Waals surface area contributed by atoms with Gasteiger partial charge in [0.25, 0.3) is 0 Å². The van der Waals surface area contributed by atoms with Crippen molar-refractivity contribution in [3.8, 4) is 11.8 Å². The third-order valence-corrected chi connectivity index (χ3v) is 3.84. The predicted octanol–water partition coefficient (Wildman–Crippen LogP) is 3.28. The van der Waals surface area contributed by atoms with Crippen molar-refractivity contribution >= 4 is 12.7 Å². The molecule has 1 aliphatic heterocycles. The van der Waals surface area contributed by atoms with Crippen molar-refractivity contribution in [1.29, 1.82) is 0 Å². The highest BCUT2D eigenvalue weighted by molar-refractivity contribution is 5.56. The number of rotatable bonds is 2. The van der Waals surface area contributed by atoms with E-state index in [9.17, 15) is 13.2 Å². The molecule has 0 saturated carbocycles. The highest BCUT2D eigenvalue weighted by Gasteiger charge is 2.23. The highest BCUT2D eigenvalue weighted by atomic mass is 19.4. The fourth-order valence-corrected chi connectivity index (χ4v) is 2.54. The van der Waals surface area contributed by atoms with Crippen LogP contribution in [-0.4, -0.2) is 18.9 Å². The number of benzene rings is 1. The van der Waals surface area contributed by atoms with Crippen LogP contribution in [0.5, 0.6) is 0 Å². The summed E-state index contributed by atoms with van der Waals surface area (Å²) in [5.74, 6) is 3.56. The predicted molar refractivity (Wildman–Crippen MR) is 86.0 cm³/mol. The van der Waals surface area contributed by atoms with Crippen LogP contribution < -0.4 is 10.4 Å². The summed E-state index contributed by atoms with van der Waals surface area (Å²) in [6.07, 6.45) is -0.604. The van der Waals surface area contributed by atoms with Crippen molar-refractivity contribution in [3.63, 3.8) is 0 Å². The minimum Gasteiger partial charge on any atom is -0.378 e. The van der Waals surface area contributed by atoms with E-state index in [-0.39, 0.29) is 5.57 Å². The van der Waals surface area contributed by atoms with E-state index in [1.807, 2.05) is 24.1 Å². The van der Waals surface area contributed by atoms with E-state index in [2.05, 4.69) is 20.1 Å². The molecule has 1 saturated heterocycles. The van der Waals surface area contributed by atoms with E-state index < -0.39 is 6.18 Å². The number of halogens is 3. The fourth-order valence-electron chi connectivity index (χ4n) is 2.54. The lowest BCUT2D eigenvalue weighted by Crippen LogP contribution is -2.27. The van der Waals surface area contributed by atoms with Gasteiger partial charge >= 0.3 is 6.18 Å². The maximum Gasteiger partial charge on any atom is 0.458 e. The first-order valence-corrected chi connectivity index (χ1v) is 7.45. The monoisotopic (exact) mass is 320 g/mol. The maximum atomic E-state index is 12.1. The lowest BCUT2D eigenvalue weighted by atomic mass is 9.91. The van der Waals surface area contributed by atoms with E-state index in [0.29, 0.717) is 18.6 Å². The topological polar surface area (TPSA) is 9.23 Å². The van der Waals surface area contributed by atoms with Crippen LogP contribution in [-0.2, 0) is 4.74 Å². The van der Waals surface area contributed by atoms with Gasteiger partial charge in [0.2, 0.25) is 0 Å². The van der Waals surface area contributed by atoms with Crippen molar-refractivity contribution in [1.82, 2.24) is 0 Å². The summed E-state index contributed by atoms with van der Waals surface area (Å²) in [5.41, 5.74) is 1.25. The van der Waals surface area contributed by atoms with Gasteiger partial charge in [0.05, 0.1) is 12.7 Å². The largest absolute Gasteiger partial charge is 0.458 e. The van der Waals surface area contributed by atoms with Crippen LogP contribution in [0.2, 0.25) is 0 Å². The van der Waals surface area contributed by atoms with Crippen molar-refractivity contribution in [2.24, 2.45) is 0 Å². The molecule has 1 aromatic carbocycles. The lowest BCUT2D eigenvalue weighted by molar-refractivity contribution is -0.0696. The van der Waals surface area contributed by atoms with Crippen molar-refractivity contribution in [3.05, 3.63) is 46.4 Å². The average molecular weight is 320 g/mol. The summed E-state index contributed by atoms with van der Waals surface area (Å²) in [7, 11) is 0. The zero-order valence-corrected chi connectivity index (χ0v) is 13.0. The number of hydrogen-bond acceptors (Lipinski definition) is 1. The second-order valence-corrected chi connectivity index (χ2v) is 5.79. The molecule has 0 aromatic heterocycles. The Morgan fingerprint density at radius 2 is 2.09 bits per heavy atom. The van der Waals surface area contributed by atoms with Gasteiger partial charge in [-0.3, -0.25) is 0 Å². The van der Waals surface area contributed by atoms with E-state index in [1.54, 1.807) is 0 Å². The molecule has 2 atom stereocenters. The van der Waals surface area contributed by atoms with Crippen molar-refractivity contribution in [2.75, 3.05) is 6.61 Å². The Balaban J connectivity index is 2.19. The zero-order valence-electron chi connectivity index (χ0n) is 13.0. The Bertz CT molecular complexity index is 742. The standard InChI is InChI=1S/C19H19F3O/c1-13(8-9-19(20,21)22)10-16-6-7-17(11-14(16)2)18-5-4-15(3)23-12-18/h6-7,10-11,15,18H,1-2,4-5,12H2,3H3/b16-10-. The Morgan fingerprint density at radius 3 is 2.65 bits per heavy atom. The van der Waals surface area contributed by atoms with Gasteiger partial charge in [-0.1, -0.05) is 37.3 Å². The third kappa shape index (κ3) is 5.30. The van der Waals surface area contributed by atoms with Gasteiger partial charge in [0.1, 0.15) is 0 Å². The van der Waals surface area contributed by atoms with Crippen molar-refractivity contribution < 1.29 is 17.9 Å². The summed E-state index contributed by atoms with van der Waals surface area (Å²) < 4.78 is 41.9. The Morgan fingerprint density at radius 1 is 1.35 bits per heavy atom. The molecule has 23 heavy (non-hydrogen) atoms. The maximum absolute atomic E-state index is 12.1. The van der Waals surface area contributed by atoms with Gasteiger partial charge in [0.15, 0.2) is 0 Å². The molecule has 0 spiro atoms. The first-order chi connectivity index (χ1) is 10.7. The highest BCUT2D eigenvalue weighted by Crippen LogP contribution is 2.26. The molecule has 2 unspecified atom stereocenters. The molecule has 0 radical (unpaired) electrons. The Kier molecular flexibility index (Phi) is 5.33. The van der Waals surface area contributed by atoms with E-state index >= 15 is 0 Å². The lowest BCUT2D eigenvalue weighted by Gasteiger charge is -2.27. The van der Waals surface area contributed by atoms with Gasteiger partial charge in [-0.25, -0.2) is 0 Å². The molecule has 1 fully saturated rings. The third-order valence-electron chi connectivity index (χ3n) is 3.84. The average Bonchev–Trinajstić information content (AvgIpc) is 2.47. The van der Waals surface area contributed by atoms with E-state index in [4.69, 9.17) is 4.74 Å². The van der Waals surface area contributed by atoms with Gasteiger partial charge in [0, 0.05) is 17.4 Å². The fraction of sp³-hybridized carbons (Fsp3) is 0.368. The molecule has 0 aliphatic carbocycles. The van der Waals surface area contributed by atoms with Crippen LogP contribution in [0.25, 0.3) is 12.7 Å². The Hall–Kier alpha value is -1.99. The molecule has 2 rings (SSSR count). The molecule has 4 heteroatoms. The van der Waals surface area contributed by atoms with Gasteiger partial charge in [-0.05, 0) is 41.8 Å². The molecule has 0 bridgehead atoms. The first kappa shape index (κ1) is 17.4. The number of hydrogen-bond donors (Lipinski definition) is 0. The molecule has 122 valence electrons. The molecule has 1 aromatic rings. The summed E-state index contributed by atoms with van der Waals surface area (Å²) in [6, 6.07) is 5.77. The molecule has 0 amide bonds. The van der Waals surface area contributed by atoms with Crippen LogP contribution in [0.3, 0.4) is 0 Å². The normalized spacial score (nSPS) is 22.3. The first-order valence-electron chi connectivity index (χ1n) is 7.45. The van der Waals surface area contributed by atoms with E-state index in [0.717, 1.165) is 28.8 Å².